The van der Waals surface area contributed by atoms with Gasteiger partial charge in [0.15, 0.2) is 5.82 Å². The number of aromatic nitrogens is 4. The van der Waals surface area contributed by atoms with Crippen LogP contribution in [-0.2, 0) is 24.1 Å². The fourth-order valence-electron chi connectivity index (χ4n) is 4.40. The van der Waals surface area contributed by atoms with Gasteiger partial charge in [0.2, 0.25) is 0 Å². The second kappa shape index (κ2) is 9.76. The van der Waals surface area contributed by atoms with Crippen LogP contribution < -0.4 is 5.32 Å². The minimum atomic E-state index is -0.612. The fourth-order valence-corrected chi connectivity index (χ4v) is 4.40. The van der Waals surface area contributed by atoms with Crippen LogP contribution >= 0.6 is 0 Å². The Labute approximate surface area is 213 Å². The predicted octanol–water partition coefficient (Wildman–Crippen LogP) is 5.25. The number of pyridine rings is 1. The van der Waals surface area contributed by atoms with Crippen molar-refractivity contribution >= 4 is 22.8 Å². The molecule has 0 saturated heterocycles. The Bertz CT molecular complexity index is 1460. The van der Waals surface area contributed by atoms with Gasteiger partial charge in [-0.1, -0.05) is 0 Å². The van der Waals surface area contributed by atoms with Crippen molar-refractivity contribution in [1.82, 2.24) is 24.8 Å². The zero-order valence-electron chi connectivity index (χ0n) is 20.9. The van der Waals surface area contributed by atoms with Gasteiger partial charge in [-0.25, -0.2) is 23.5 Å². The Hall–Kier alpha value is -4.08. The maximum Gasteiger partial charge on any atom is 0.410 e. The first kappa shape index (κ1) is 24.6. The minimum absolute atomic E-state index is 0.249. The summed E-state index contributed by atoms with van der Waals surface area (Å²) in [6, 6.07) is 6.00. The lowest BCUT2D eigenvalue weighted by Gasteiger charge is -2.31. The summed E-state index contributed by atoms with van der Waals surface area (Å²) in [5, 5.41) is 4.23. The molecule has 1 aromatic carbocycles. The molecule has 0 atom stereocenters. The highest BCUT2D eigenvalue weighted by atomic mass is 19.1. The highest BCUT2D eigenvalue weighted by Crippen LogP contribution is 2.28. The maximum atomic E-state index is 13.9. The number of hydrogen-bond acceptors (Lipinski definition) is 6. The molecule has 192 valence electrons. The molecule has 0 spiro atoms. The number of benzene rings is 1. The van der Waals surface area contributed by atoms with Gasteiger partial charge in [0, 0.05) is 47.5 Å². The second-order valence-corrected chi connectivity index (χ2v) is 10.0. The molecule has 0 unspecified atom stereocenters. The number of hydrogen-bond donors (Lipinski definition) is 2. The average Bonchev–Trinajstić information content (AvgIpc) is 3.24. The molecule has 0 fully saturated rings. The van der Waals surface area contributed by atoms with E-state index in [1.54, 1.807) is 11.0 Å². The number of H-pyrrole nitrogens is 1. The van der Waals surface area contributed by atoms with Crippen molar-refractivity contribution in [2.75, 3.05) is 18.4 Å². The van der Waals surface area contributed by atoms with Crippen molar-refractivity contribution in [3.63, 3.8) is 0 Å². The quantitative estimate of drug-likeness (QED) is 0.384. The number of ether oxygens (including phenoxy) is 1. The largest absolute Gasteiger partial charge is 0.444 e. The van der Waals surface area contributed by atoms with Gasteiger partial charge in [0.05, 0.1) is 18.4 Å². The molecule has 4 aromatic rings. The molecule has 0 radical (unpaired) electrons. The van der Waals surface area contributed by atoms with Crippen LogP contribution in [0.2, 0.25) is 0 Å². The molecule has 0 saturated carbocycles. The van der Waals surface area contributed by atoms with Gasteiger partial charge in [-0.2, -0.15) is 0 Å². The topological polar surface area (TPSA) is 96.0 Å². The second-order valence-electron chi connectivity index (χ2n) is 10.0. The van der Waals surface area contributed by atoms with E-state index in [1.165, 1.54) is 24.4 Å². The zero-order valence-corrected chi connectivity index (χ0v) is 20.9. The molecule has 0 aliphatic carbocycles. The molecular formula is C27H28F2N6O2. The Kier molecular flexibility index (Phi) is 6.49. The SMILES string of the molecule is CC(C)(C)OC(=O)N1CCc2c(nc(-c3cncc(F)c3)nc2NCCc2c[nH]c3ccc(F)cc23)C1. The van der Waals surface area contributed by atoms with Crippen molar-refractivity contribution in [1.29, 1.82) is 0 Å². The summed E-state index contributed by atoms with van der Waals surface area (Å²) in [7, 11) is 0. The van der Waals surface area contributed by atoms with Crippen molar-refractivity contribution in [2.24, 2.45) is 0 Å². The number of anilines is 1. The first-order chi connectivity index (χ1) is 17.7. The lowest BCUT2D eigenvalue weighted by molar-refractivity contribution is 0.0221. The van der Waals surface area contributed by atoms with E-state index < -0.39 is 17.5 Å². The molecule has 37 heavy (non-hydrogen) atoms. The minimum Gasteiger partial charge on any atom is -0.444 e. The number of nitrogens with one attached hydrogen (secondary N) is 2. The van der Waals surface area contributed by atoms with Crippen LogP contribution in [0.4, 0.5) is 19.4 Å². The van der Waals surface area contributed by atoms with E-state index >= 15 is 0 Å². The molecule has 3 aromatic heterocycles. The Balaban J connectivity index is 1.42. The average molecular weight is 507 g/mol. The summed E-state index contributed by atoms with van der Waals surface area (Å²) in [6.45, 7) is 6.71. The van der Waals surface area contributed by atoms with E-state index in [9.17, 15) is 13.6 Å². The summed E-state index contributed by atoms with van der Waals surface area (Å²) >= 11 is 0. The van der Waals surface area contributed by atoms with Gasteiger partial charge >= 0.3 is 6.09 Å². The third-order valence-corrected chi connectivity index (χ3v) is 6.10. The Morgan fingerprint density at radius 1 is 1.16 bits per heavy atom. The number of carbonyl (C=O) groups excluding carboxylic acids is 1. The van der Waals surface area contributed by atoms with Crippen molar-refractivity contribution in [2.45, 2.75) is 45.8 Å². The number of carbonyl (C=O) groups is 1. The van der Waals surface area contributed by atoms with Crippen LogP contribution in [0.15, 0.2) is 42.9 Å². The molecule has 2 N–H and O–H groups in total. The summed E-state index contributed by atoms with van der Waals surface area (Å²) < 4.78 is 33.2. The van der Waals surface area contributed by atoms with E-state index in [1.807, 2.05) is 27.0 Å². The highest BCUT2D eigenvalue weighted by molar-refractivity contribution is 5.83. The summed E-state index contributed by atoms with van der Waals surface area (Å²) in [5.41, 5.74) is 3.25. The number of aromatic amines is 1. The van der Waals surface area contributed by atoms with Crippen molar-refractivity contribution in [3.05, 3.63) is 71.3 Å². The number of amides is 1. The van der Waals surface area contributed by atoms with Crippen molar-refractivity contribution < 1.29 is 18.3 Å². The Morgan fingerprint density at radius 3 is 2.78 bits per heavy atom. The summed E-state index contributed by atoms with van der Waals surface area (Å²) in [5.74, 6) is 0.164. The third kappa shape index (κ3) is 5.52. The smallest absolute Gasteiger partial charge is 0.410 e. The Morgan fingerprint density at radius 2 is 2.00 bits per heavy atom. The van der Waals surface area contributed by atoms with Crippen molar-refractivity contribution in [3.8, 4) is 11.4 Å². The third-order valence-electron chi connectivity index (χ3n) is 6.10. The molecule has 0 bridgehead atoms. The van der Waals surface area contributed by atoms with Gasteiger partial charge in [0.1, 0.15) is 23.1 Å². The first-order valence-corrected chi connectivity index (χ1v) is 12.1. The molecule has 1 aliphatic rings. The van der Waals surface area contributed by atoms with Crippen LogP contribution in [0.1, 0.15) is 37.6 Å². The van der Waals surface area contributed by atoms with Crippen LogP contribution in [0, 0.1) is 11.6 Å². The normalized spacial score (nSPS) is 13.5. The number of halogens is 2. The first-order valence-electron chi connectivity index (χ1n) is 12.1. The van der Waals surface area contributed by atoms with E-state index in [4.69, 9.17) is 9.72 Å². The molecule has 10 heteroatoms. The zero-order chi connectivity index (χ0) is 26.2. The van der Waals surface area contributed by atoms with Crippen LogP contribution in [0.3, 0.4) is 0 Å². The molecule has 1 aliphatic heterocycles. The van der Waals surface area contributed by atoms with Crippen LogP contribution in [0.25, 0.3) is 22.3 Å². The molecule has 4 heterocycles. The van der Waals surface area contributed by atoms with Crippen LogP contribution in [-0.4, -0.2) is 49.6 Å². The van der Waals surface area contributed by atoms with Gasteiger partial charge in [-0.05, 0) is 63.4 Å². The standard InChI is InChI=1S/C27H28F2N6O2/c1-27(2,3)37-26(36)35-9-7-20-23(15-35)33-24(17-10-19(29)14-30-12-17)34-25(20)31-8-6-16-13-32-22-5-4-18(28)11-21(16)22/h4-5,10-14,32H,6-9,15H2,1-3H3,(H,31,33,34). The summed E-state index contributed by atoms with van der Waals surface area (Å²) in [4.78, 5) is 30.8. The van der Waals surface area contributed by atoms with Gasteiger partial charge in [0.25, 0.3) is 0 Å². The van der Waals surface area contributed by atoms with Crippen LogP contribution in [0.5, 0.6) is 0 Å². The molecule has 1 amide bonds. The van der Waals surface area contributed by atoms with E-state index in [0.29, 0.717) is 48.8 Å². The highest BCUT2D eigenvalue weighted by Gasteiger charge is 2.29. The fraction of sp³-hybridized carbons (Fsp3) is 0.333. The lowest BCUT2D eigenvalue weighted by atomic mass is 10.0. The number of rotatable bonds is 5. The summed E-state index contributed by atoms with van der Waals surface area (Å²) in [6.07, 6.45) is 5.26. The number of fused-ring (bicyclic) bond motifs is 2. The van der Waals surface area contributed by atoms with Gasteiger partial charge < -0.3 is 19.9 Å². The molecular weight excluding hydrogens is 478 g/mol. The molecule has 8 nitrogen and oxygen atoms in total. The van der Waals surface area contributed by atoms with Gasteiger partial charge in [-0.3, -0.25) is 4.98 Å². The van der Waals surface area contributed by atoms with E-state index in [2.05, 4.69) is 20.3 Å². The monoisotopic (exact) mass is 506 g/mol. The lowest BCUT2D eigenvalue weighted by Crippen LogP contribution is -2.40. The van der Waals surface area contributed by atoms with E-state index in [0.717, 1.165) is 28.2 Å². The molecule has 5 rings (SSSR count). The van der Waals surface area contributed by atoms with Gasteiger partial charge in [-0.15, -0.1) is 0 Å². The predicted molar refractivity (Wildman–Crippen MR) is 136 cm³/mol. The van der Waals surface area contributed by atoms with E-state index in [-0.39, 0.29) is 12.4 Å². The number of nitrogens with zero attached hydrogens (tertiary/aromatic N) is 4. The maximum absolute atomic E-state index is 13.9.